The molecule has 1 amide bonds. The van der Waals surface area contributed by atoms with E-state index in [-0.39, 0.29) is 6.10 Å². The lowest BCUT2D eigenvalue weighted by Gasteiger charge is -2.30. The number of aliphatic hydroxyl groups excluding tert-OH is 1. The highest BCUT2D eigenvalue weighted by Gasteiger charge is 2.22. The van der Waals surface area contributed by atoms with Crippen LogP contribution in [0.15, 0.2) is 0 Å². The van der Waals surface area contributed by atoms with Gasteiger partial charge in [0.1, 0.15) is 0 Å². The molecule has 0 aromatic rings. The molecule has 1 aliphatic carbocycles. The molecule has 0 aromatic carbocycles. The minimum Gasteiger partial charge on any atom is -0.393 e. The number of amides is 1. The average Bonchev–Trinajstić information content (AvgIpc) is 2.38. The molecular formula is C14H25NO2. The van der Waals surface area contributed by atoms with Gasteiger partial charge in [0.2, 0.25) is 5.91 Å². The molecule has 98 valence electrons. The molecule has 3 heteroatoms. The lowest BCUT2D eigenvalue weighted by atomic mass is 9.86. The first-order valence-corrected chi connectivity index (χ1v) is 7.21. The van der Waals surface area contributed by atoms with Gasteiger partial charge in [-0.25, -0.2) is 0 Å². The van der Waals surface area contributed by atoms with Gasteiger partial charge in [0, 0.05) is 19.5 Å². The maximum absolute atomic E-state index is 12.0. The van der Waals surface area contributed by atoms with Gasteiger partial charge in [0.25, 0.3) is 0 Å². The summed E-state index contributed by atoms with van der Waals surface area (Å²) in [5.74, 6) is 1.10. The van der Waals surface area contributed by atoms with Gasteiger partial charge in [-0.2, -0.15) is 0 Å². The Kier molecular flexibility index (Phi) is 4.84. The summed E-state index contributed by atoms with van der Waals surface area (Å²) in [5.41, 5.74) is 0. The predicted molar refractivity (Wildman–Crippen MR) is 67.6 cm³/mol. The Labute approximate surface area is 104 Å². The van der Waals surface area contributed by atoms with Crippen molar-refractivity contribution < 1.29 is 9.90 Å². The van der Waals surface area contributed by atoms with E-state index in [0.29, 0.717) is 5.91 Å². The normalized spacial score (nSPS) is 23.9. The van der Waals surface area contributed by atoms with Crippen molar-refractivity contribution >= 4 is 5.91 Å². The van der Waals surface area contributed by atoms with Crippen molar-refractivity contribution in [1.82, 2.24) is 4.90 Å². The first-order chi connectivity index (χ1) is 8.25. The summed E-state index contributed by atoms with van der Waals surface area (Å²) in [7, 11) is 0. The number of piperidine rings is 1. The van der Waals surface area contributed by atoms with Gasteiger partial charge in [-0.3, -0.25) is 4.79 Å². The van der Waals surface area contributed by atoms with Crippen molar-refractivity contribution in [3.05, 3.63) is 0 Å². The number of carbonyl (C=O) groups excluding carboxylic acids is 1. The summed E-state index contributed by atoms with van der Waals surface area (Å²) in [5, 5.41) is 9.40. The molecule has 2 fully saturated rings. The average molecular weight is 239 g/mol. The number of hydrogen-bond acceptors (Lipinski definition) is 2. The molecule has 0 spiro atoms. The second-order valence-corrected chi connectivity index (χ2v) is 5.65. The van der Waals surface area contributed by atoms with Crippen molar-refractivity contribution in [2.24, 2.45) is 5.92 Å². The molecular weight excluding hydrogens is 214 g/mol. The van der Waals surface area contributed by atoms with E-state index in [1.807, 2.05) is 4.90 Å². The highest BCUT2D eigenvalue weighted by molar-refractivity contribution is 5.76. The van der Waals surface area contributed by atoms with E-state index < -0.39 is 0 Å². The SMILES string of the molecule is O=C(CCC1CCCCC1)N1CCC(O)CC1. The van der Waals surface area contributed by atoms with Gasteiger partial charge < -0.3 is 10.0 Å². The van der Waals surface area contributed by atoms with Crippen LogP contribution in [0.1, 0.15) is 57.8 Å². The molecule has 1 N–H and O–H groups in total. The molecule has 1 saturated carbocycles. The molecule has 0 atom stereocenters. The first kappa shape index (κ1) is 12.9. The van der Waals surface area contributed by atoms with Crippen LogP contribution in [0, 0.1) is 5.92 Å². The van der Waals surface area contributed by atoms with E-state index >= 15 is 0 Å². The Morgan fingerprint density at radius 3 is 2.35 bits per heavy atom. The Balaban J connectivity index is 1.66. The molecule has 1 heterocycles. The van der Waals surface area contributed by atoms with Crippen LogP contribution in [0.3, 0.4) is 0 Å². The smallest absolute Gasteiger partial charge is 0.222 e. The summed E-state index contributed by atoms with van der Waals surface area (Å²) in [6.45, 7) is 1.51. The fourth-order valence-corrected chi connectivity index (χ4v) is 3.08. The molecule has 1 saturated heterocycles. The third kappa shape index (κ3) is 3.98. The Hall–Kier alpha value is -0.570. The standard InChI is InChI=1S/C14H25NO2/c16-13-8-10-15(11-9-13)14(17)7-6-12-4-2-1-3-5-12/h12-13,16H,1-11H2. The van der Waals surface area contributed by atoms with Gasteiger partial charge in [-0.1, -0.05) is 32.1 Å². The third-order valence-corrected chi connectivity index (χ3v) is 4.31. The van der Waals surface area contributed by atoms with Gasteiger partial charge in [0.05, 0.1) is 6.10 Å². The summed E-state index contributed by atoms with van der Waals surface area (Å²) in [6, 6.07) is 0. The van der Waals surface area contributed by atoms with Crippen molar-refractivity contribution in [3.63, 3.8) is 0 Å². The zero-order valence-corrected chi connectivity index (χ0v) is 10.7. The zero-order valence-electron chi connectivity index (χ0n) is 10.7. The van der Waals surface area contributed by atoms with E-state index in [1.165, 1.54) is 32.1 Å². The molecule has 2 rings (SSSR count). The minimum atomic E-state index is -0.183. The molecule has 2 aliphatic rings. The molecule has 0 bridgehead atoms. The third-order valence-electron chi connectivity index (χ3n) is 4.31. The van der Waals surface area contributed by atoms with Crippen LogP contribution in [0.5, 0.6) is 0 Å². The summed E-state index contributed by atoms with van der Waals surface area (Å²) in [4.78, 5) is 13.9. The predicted octanol–water partition coefficient (Wildman–Crippen LogP) is 2.33. The quantitative estimate of drug-likeness (QED) is 0.821. The van der Waals surface area contributed by atoms with E-state index in [1.54, 1.807) is 0 Å². The van der Waals surface area contributed by atoms with Gasteiger partial charge >= 0.3 is 0 Å². The second-order valence-electron chi connectivity index (χ2n) is 5.65. The van der Waals surface area contributed by atoms with Gasteiger partial charge in [0.15, 0.2) is 0 Å². The number of likely N-dealkylation sites (tertiary alicyclic amines) is 1. The number of hydrogen-bond donors (Lipinski definition) is 1. The van der Waals surface area contributed by atoms with Gasteiger partial charge in [-0.15, -0.1) is 0 Å². The van der Waals surface area contributed by atoms with Crippen LogP contribution in [-0.4, -0.2) is 35.1 Å². The Bertz CT molecular complexity index is 241. The Morgan fingerprint density at radius 1 is 1.06 bits per heavy atom. The van der Waals surface area contributed by atoms with E-state index in [9.17, 15) is 9.90 Å². The van der Waals surface area contributed by atoms with E-state index in [0.717, 1.165) is 44.7 Å². The van der Waals surface area contributed by atoms with Crippen molar-refractivity contribution in [2.45, 2.75) is 63.9 Å². The van der Waals surface area contributed by atoms with Crippen molar-refractivity contribution in [3.8, 4) is 0 Å². The van der Waals surface area contributed by atoms with Crippen molar-refractivity contribution in [1.29, 1.82) is 0 Å². The summed E-state index contributed by atoms with van der Waals surface area (Å²) in [6.07, 6.45) is 9.89. The molecule has 0 unspecified atom stereocenters. The molecule has 0 aromatic heterocycles. The molecule has 3 nitrogen and oxygen atoms in total. The van der Waals surface area contributed by atoms with Crippen LogP contribution in [0.2, 0.25) is 0 Å². The number of nitrogens with zero attached hydrogens (tertiary/aromatic N) is 1. The molecule has 0 radical (unpaired) electrons. The largest absolute Gasteiger partial charge is 0.393 e. The first-order valence-electron chi connectivity index (χ1n) is 7.21. The van der Waals surface area contributed by atoms with Crippen molar-refractivity contribution in [2.75, 3.05) is 13.1 Å². The topological polar surface area (TPSA) is 40.5 Å². The zero-order chi connectivity index (χ0) is 12.1. The van der Waals surface area contributed by atoms with E-state index in [4.69, 9.17) is 0 Å². The minimum absolute atomic E-state index is 0.183. The number of rotatable bonds is 3. The highest BCUT2D eigenvalue weighted by atomic mass is 16.3. The van der Waals surface area contributed by atoms with Crippen LogP contribution >= 0.6 is 0 Å². The monoisotopic (exact) mass is 239 g/mol. The lowest BCUT2D eigenvalue weighted by molar-refractivity contribution is -0.133. The van der Waals surface area contributed by atoms with Gasteiger partial charge in [-0.05, 0) is 25.2 Å². The lowest BCUT2D eigenvalue weighted by Crippen LogP contribution is -2.40. The summed E-state index contributed by atoms with van der Waals surface area (Å²) >= 11 is 0. The van der Waals surface area contributed by atoms with Crippen LogP contribution in [0.25, 0.3) is 0 Å². The molecule has 1 aliphatic heterocycles. The number of aliphatic hydroxyl groups is 1. The summed E-state index contributed by atoms with van der Waals surface area (Å²) < 4.78 is 0. The number of carbonyl (C=O) groups is 1. The van der Waals surface area contributed by atoms with Crippen LogP contribution in [0.4, 0.5) is 0 Å². The van der Waals surface area contributed by atoms with Crippen LogP contribution in [-0.2, 0) is 4.79 Å². The fraction of sp³-hybridized carbons (Fsp3) is 0.929. The second kappa shape index (κ2) is 6.39. The maximum atomic E-state index is 12.0. The maximum Gasteiger partial charge on any atom is 0.222 e. The molecule has 17 heavy (non-hydrogen) atoms. The highest BCUT2D eigenvalue weighted by Crippen LogP contribution is 2.27. The van der Waals surface area contributed by atoms with E-state index in [2.05, 4.69) is 0 Å². The fourth-order valence-electron chi connectivity index (χ4n) is 3.08. The van der Waals surface area contributed by atoms with Crippen LogP contribution < -0.4 is 0 Å². The Morgan fingerprint density at radius 2 is 1.71 bits per heavy atom.